The van der Waals surface area contributed by atoms with Gasteiger partial charge in [-0.3, -0.25) is 0 Å². The first-order valence-electron chi connectivity index (χ1n) is 5.43. The Morgan fingerprint density at radius 1 is 1.11 bits per heavy atom. The molecule has 0 unspecified atom stereocenters. The molecule has 5 nitrogen and oxygen atoms in total. The first-order chi connectivity index (χ1) is 8.77. The highest BCUT2D eigenvalue weighted by molar-refractivity contribution is 8.13. The number of allylic oxidation sites excluding steroid dienone is 1. The summed E-state index contributed by atoms with van der Waals surface area (Å²) in [6.07, 6.45) is 4.25. The molecule has 106 valence electrons. The van der Waals surface area contributed by atoms with Crippen molar-refractivity contribution in [2.24, 2.45) is 0 Å². The van der Waals surface area contributed by atoms with Crippen LogP contribution in [0, 0.1) is 0 Å². The molecule has 0 aromatic heterocycles. The Kier molecular flexibility index (Phi) is 5.54. The van der Waals surface area contributed by atoms with Crippen molar-refractivity contribution in [2.75, 3.05) is 6.54 Å². The Labute approximate surface area is 117 Å². The third-order valence-corrected chi connectivity index (χ3v) is 5.10. The summed E-state index contributed by atoms with van der Waals surface area (Å²) < 4.78 is 48.1. The van der Waals surface area contributed by atoms with Crippen LogP contribution in [0.5, 0.6) is 0 Å². The van der Waals surface area contributed by atoms with Crippen molar-refractivity contribution in [1.82, 2.24) is 4.72 Å². The van der Waals surface area contributed by atoms with Gasteiger partial charge in [0.15, 0.2) is 0 Å². The van der Waals surface area contributed by atoms with E-state index < -0.39 is 19.1 Å². The first-order valence-corrected chi connectivity index (χ1v) is 9.22. The summed E-state index contributed by atoms with van der Waals surface area (Å²) in [5, 5.41) is 0. The maximum Gasteiger partial charge on any atom is 0.261 e. The number of rotatable bonds is 6. The summed E-state index contributed by atoms with van der Waals surface area (Å²) in [7, 11) is -2.32. The fraction of sp³-hybridized carbons (Fsp3) is 0.273. The van der Waals surface area contributed by atoms with Gasteiger partial charge in [0.05, 0.1) is 9.79 Å². The lowest BCUT2D eigenvalue weighted by Gasteiger charge is -2.05. The molecule has 0 aliphatic carbocycles. The van der Waals surface area contributed by atoms with Crippen molar-refractivity contribution in [3.63, 3.8) is 0 Å². The van der Waals surface area contributed by atoms with Crippen LogP contribution >= 0.6 is 10.7 Å². The van der Waals surface area contributed by atoms with Crippen LogP contribution in [0.4, 0.5) is 0 Å². The van der Waals surface area contributed by atoms with Crippen LogP contribution in [0.25, 0.3) is 0 Å². The maximum absolute atomic E-state index is 11.8. The molecule has 0 radical (unpaired) electrons. The van der Waals surface area contributed by atoms with Crippen LogP contribution in [0.15, 0.2) is 46.2 Å². The van der Waals surface area contributed by atoms with Gasteiger partial charge >= 0.3 is 0 Å². The average Bonchev–Trinajstić information content (AvgIpc) is 2.34. The van der Waals surface area contributed by atoms with Crippen molar-refractivity contribution in [2.45, 2.75) is 23.1 Å². The van der Waals surface area contributed by atoms with E-state index in [-0.39, 0.29) is 16.3 Å². The molecule has 0 saturated heterocycles. The quantitative estimate of drug-likeness (QED) is 0.492. The van der Waals surface area contributed by atoms with Crippen molar-refractivity contribution in [3.05, 3.63) is 36.4 Å². The zero-order valence-electron chi connectivity index (χ0n) is 10.2. The minimum atomic E-state index is -3.84. The van der Waals surface area contributed by atoms with Crippen LogP contribution in [-0.4, -0.2) is 23.4 Å². The SMILES string of the molecule is C/C=C/CCNS(=O)(=O)c1ccc(S(=O)(=O)Cl)cc1. The van der Waals surface area contributed by atoms with E-state index in [1.165, 1.54) is 12.1 Å². The molecule has 0 fully saturated rings. The monoisotopic (exact) mass is 323 g/mol. The Morgan fingerprint density at radius 3 is 2.11 bits per heavy atom. The lowest BCUT2D eigenvalue weighted by molar-refractivity contribution is 0.581. The number of nitrogens with one attached hydrogen (secondary N) is 1. The predicted octanol–water partition coefficient (Wildman–Crippen LogP) is 1.86. The van der Waals surface area contributed by atoms with Crippen LogP contribution in [-0.2, 0) is 19.1 Å². The molecule has 1 rings (SSSR count). The maximum atomic E-state index is 11.8. The summed E-state index contributed by atoms with van der Waals surface area (Å²) in [5.74, 6) is 0. The lowest BCUT2D eigenvalue weighted by Crippen LogP contribution is -2.24. The van der Waals surface area contributed by atoms with E-state index in [2.05, 4.69) is 4.72 Å². The Balaban J connectivity index is 2.85. The van der Waals surface area contributed by atoms with Crippen LogP contribution < -0.4 is 4.72 Å². The van der Waals surface area contributed by atoms with E-state index in [0.717, 1.165) is 12.1 Å². The minimum Gasteiger partial charge on any atom is -0.211 e. The van der Waals surface area contributed by atoms with Crippen LogP contribution in [0.2, 0.25) is 0 Å². The highest BCUT2D eigenvalue weighted by Crippen LogP contribution is 2.17. The molecule has 1 aromatic carbocycles. The largest absolute Gasteiger partial charge is 0.261 e. The van der Waals surface area contributed by atoms with Gasteiger partial charge in [-0.25, -0.2) is 21.6 Å². The zero-order chi connectivity index (χ0) is 14.5. The summed E-state index contributed by atoms with van der Waals surface area (Å²) in [5.41, 5.74) is 0. The van der Waals surface area contributed by atoms with Gasteiger partial charge in [-0.2, -0.15) is 0 Å². The fourth-order valence-corrected chi connectivity index (χ4v) is 3.13. The van der Waals surface area contributed by atoms with Crippen molar-refractivity contribution < 1.29 is 16.8 Å². The molecule has 0 aliphatic rings. The number of sulfonamides is 1. The molecule has 0 amide bonds. The second-order valence-electron chi connectivity index (χ2n) is 3.66. The first kappa shape index (κ1) is 16.2. The molecule has 19 heavy (non-hydrogen) atoms. The third kappa shape index (κ3) is 4.94. The van der Waals surface area contributed by atoms with Gasteiger partial charge in [0.2, 0.25) is 10.0 Å². The second kappa shape index (κ2) is 6.51. The van der Waals surface area contributed by atoms with Gasteiger partial charge < -0.3 is 0 Å². The molecule has 0 saturated carbocycles. The topological polar surface area (TPSA) is 80.3 Å². The zero-order valence-corrected chi connectivity index (χ0v) is 12.6. The van der Waals surface area contributed by atoms with Crippen molar-refractivity contribution in [3.8, 4) is 0 Å². The van der Waals surface area contributed by atoms with Gasteiger partial charge in [-0.05, 0) is 37.6 Å². The molecular weight excluding hydrogens is 310 g/mol. The highest BCUT2D eigenvalue weighted by Gasteiger charge is 2.15. The number of benzene rings is 1. The molecule has 0 heterocycles. The predicted molar refractivity (Wildman–Crippen MR) is 74.1 cm³/mol. The molecule has 8 heteroatoms. The fourth-order valence-electron chi connectivity index (χ4n) is 1.31. The normalized spacial score (nSPS) is 12.9. The Bertz CT molecular complexity index is 648. The highest BCUT2D eigenvalue weighted by atomic mass is 35.7. The van der Waals surface area contributed by atoms with Gasteiger partial charge in [-0.15, -0.1) is 0 Å². The van der Waals surface area contributed by atoms with Gasteiger partial charge in [-0.1, -0.05) is 12.2 Å². The summed E-state index contributed by atoms with van der Waals surface area (Å²) >= 11 is 0. The lowest BCUT2D eigenvalue weighted by atomic mass is 10.4. The van der Waals surface area contributed by atoms with Gasteiger partial charge in [0.1, 0.15) is 0 Å². The van der Waals surface area contributed by atoms with E-state index in [0.29, 0.717) is 6.42 Å². The molecule has 1 N–H and O–H groups in total. The molecule has 0 spiro atoms. The van der Waals surface area contributed by atoms with E-state index in [1.807, 2.05) is 19.1 Å². The molecule has 0 atom stereocenters. The Hall–Kier alpha value is -0.890. The number of hydrogen-bond acceptors (Lipinski definition) is 4. The van der Waals surface area contributed by atoms with Crippen LogP contribution in [0.3, 0.4) is 0 Å². The van der Waals surface area contributed by atoms with Crippen molar-refractivity contribution >= 4 is 29.8 Å². The van der Waals surface area contributed by atoms with Gasteiger partial charge in [0, 0.05) is 17.2 Å². The number of halogens is 1. The van der Waals surface area contributed by atoms with Crippen molar-refractivity contribution in [1.29, 1.82) is 0 Å². The second-order valence-corrected chi connectivity index (χ2v) is 8.00. The van der Waals surface area contributed by atoms with Gasteiger partial charge in [0.25, 0.3) is 9.05 Å². The van der Waals surface area contributed by atoms with E-state index in [4.69, 9.17) is 10.7 Å². The summed E-state index contributed by atoms with van der Waals surface area (Å²) in [4.78, 5) is -0.140. The summed E-state index contributed by atoms with van der Waals surface area (Å²) in [6, 6.07) is 4.71. The Morgan fingerprint density at radius 2 is 1.63 bits per heavy atom. The molecular formula is C11H14ClNO4S2. The molecule has 0 aliphatic heterocycles. The van der Waals surface area contributed by atoms with E-state index in [1.54, 1.807) is 0 Å². The van der Waals surface area contributed by atoms with Crippen LogP contribution in [0.1, 0.15) is 13.3 Å². The molecule has 0 bridgehead atoms. The molecule has 1 aromatic rings. The third-order valence-electron chi connectivity index (χ3n) is 2.25. The average molecular weight is 324 g/mol. The smallest absolute Gasteiger partial charge is 0.211 e. The standard InChI is InChI=1S/C11H14ClNO4S2/c1-2-3-4-9-13-19(16,17)11-7-5-10(6-8-11)18(12,14)15/h2-3,5-8,13H,4,9H2,1H3/b3-2+. The summed E-state index contributed by atoms with van der Waals surface area (Å²) in [6.45, 7) is 2.13. The minimum absolute atomic E-state index is 0.00274. The van der Waals surface area contributed by atoms with E-state index in [9.17, 15) is 16.8 Å². The number of hydrogen-bond donors (Lipinski definition) is 1. The van der Waals surface area contributed by atoms with E-state index >= 15 is 0 Å².